The molecule has 0 spiro atoms. The minimum atomic E-state index is 0.508. The summed E-state index contributed by atoms with van der Waals surface area (Å²) in [5.41, 5.74) is 1.14. The minimum Gasteiger partial charge on any atom is -0.365 e. The van der Waals surface area contributed by atoms with E-state index in [1.807, 2.05) is 12.3 Å². The highest BCUT2D eigenvalue weighted by atomic mass is 15.3. The Morgan fingerprint density at radius 3 is 3.17 bits per heavy atom. The Balaban J connectivity index is 2.36. The zero-order valence-electron chi connectivity index (χ0n) is 7.41. The molecule has 0 aromatic carbocycles. The van der Waals surface area contributed by atoms with Gasteiger partial charge in [-0.1, -0.05) is 0 Å². The Kier molecular flexibility index (Phi) is 1.64. The van der Waals surface area contributed by atoms with E-state index < -0.39 is 0 Å². The van der Waals surface area contributed by atoms with Gasteiger partial charge in [-0.15, -0.1) is 0 Å². The van der Waals surface area contributed by atoms with E-state index in [9.17, 15) is 0 Å². The summed E-state index contributed by atoms with van der Waals surface area (Å²) in [6.07, 6.45) is 1.83. The Hall–Kier alpha value is -1.25. The maximum Gasteiger partial charge on any atom is 0.153 e. The maximum absolute atomic E-state index is 4.33. The first kappa shape index (κ1) is 7.40. The van der Waals surface area contributed by atoms with Crippen LogP contribution in [-0.2, 0) is 0 Å². The molecule has 2 rings (SSSR count). The summed E-state index contributed by atoms with van der Waals surface area (Å²) in [6, 6.07) is 4.52. The predicted octanol–water partition coefficient (Wildman–Crippen LogP) is 1.68. The quantitative estimate of drug-likeness (QED) is 0.682. The molecule has 0 amide bonds. The van der Waals surface area contributed by atoms with Gasteiger partial charge < -0.3 is 10.2 Å². The number of hydrogen-bond donors (Lipinski definition) is 1. The fourth-order valence-electron chi connectivity index (χ4n) is 1.44. The molecular formula is C9H13N3. The second kappa shape index (κ2) is 2.66. The van der Waals surface area contributed by atoms with E-state index in [2.05, 4.69) is 35.1 Å². The number of fused-ring (bicyclic) bond motifs is 1. The lowest BCUT2D eigenvalue weighted by Gasteiger charge is -2.20. The van der Waals surface area contributed by atoms with Gasteiger partial charge in [0, 0.05) is 12.2 Å². The molecule has 0 radical (unpaired) electrons. The largest absolute Gasteiger partial charge is 0.365 e. The molecule has 0 bridgehead atoms. The number of aromatic nitrogens is 1. The molecule has 0 unspecified atom stereocenters. The number of pyridine rings is 1. The lowest BCUT2D eigenvalue weighted by atomic mass is 10.3. The van der Waals surface area contributed by atoms with Gasteiger partial charge in [0.2, 0.25) is 0 Å². The molecule has 64 valence electrons. The first-order chi connectivity index (χ1) is 5.79. The van der Waals surface area contributed by atoms with Crippen LogP contribution in [0.15, 0.2) is 18.3 Å². The van der Waals surface area contributed by atoms with Gasteiger partial charge in [-0.3, -0.25) is 0 Å². The van der Waals surface area contributed by atoms with Crippen LogP contribution in [-0.4, -0.2) is 17.7 Å². The summed E-state index contributed by atoms with van der Waals surface area (Å²) in [4.78, 5) is 6.57. The molecule has 1 aromatic heterocycles. The van der Waals surface area contributed by atoms with Gasteiger partial charge in [-0.25, -0.2) is 4.98 Å². The van der Waals surface area contributed by atoms with E-state index in [1.165, 1.54) is 0 Å². The van der Waals surface area contributed by atoms with Crippen LogP contribution in [0.3, 0.4) is 0 Å². The van der Waals surface area contributed by atoms with E-state index in [1.54, 1.807) is 0 Å². The number of nitrogens with one attached hydrogen (secondary N) is 1. The van der Waals surface area contributed by atoms with Crippen LogP contribution in [0.5, 0.6) is 0 Å². The van der Waals surface area contributed by atoms with Crippen molar-refractivity contribution in [3.63, 3.8) is 0 Å². The van der Waals surface area contributed by atoms with Gasteiger partial charge in [-0.05, 0) is 26.0 Å². The van der Waals surface area contributed by atoms with Crippen molar-refractivity contribution in [3.05, 3.63) is 18.3 Å². The number of anilines is 2. The zero-order chi connectivity index (χ0) is 8.55. The Bertz CT molecular complexity index is 283. The Labute approximate surface area is 72.4 Å². The second-order valence-corrected chi connectivity index (χ2v) is 3.27. The highest BCUT2D eigenvalue weighted by Crippen LogP contribution is 2.28. The third kappa shape index (κ3) is 1.02. The molecule has 1 aromatic rings. The fourth-order valence-corrected chi connectivity index (χ4v) is 1.44. The van der Waals surface area contributed by atoms with Gasteiger partial charge in [0.25, 0.3) is 0 Å². The summed E-state index contributed by atoms with van der Waals surface area (Å²) in [6.45, 7) is 5.22. The van der Waals surface area contributed by atoms with Crippen LogP contribution in [0, 0.1) is 0 Å². The molecule has 1 aliphatic heterocycles. The molecule has 0 aliphatic carbocycles. The molecule has 12 heavy (non-hydrogen) atoms. The summed E-state index contributed by atoms with van der Waals surface area (Å²) in [5, 5.41) is 3.29. The molecule has 1 aliphatic rings. The van der Waals surface area contributed by atoms with Crippen molar-refractivity contribution in [2.24, 2.45) is 0 Å². The van der Waals surface area contributed by atoms with Gasteiger partial charge in [0.1, 0.15) is 0 Å². The van der Waals surface area contributed by atoms with Crippen LogP contribution >= 0.6 is 0 Å². The molecule has 3 nitrogen and oxygen atoms in total. The molecular weight excluding hydrogens is 150 g/mol. The molecule has 0 saturated carbocycles. The van der Waals surface area contributed by atoms with Gasteiger partial charge in [0.15, 0.2) is 5.82 Å². The van der Waals surface area contributed by atoms with Crippen molar-refractivity contribution in [2.75, 3.05) is 16.9 Å². The topological polar surface area (TPSA) is 28.2 Å². The Morgan fingerprint density at radius 2 is 2.42 bits per heavy atom. The Morgan fingerprint density at radius 1 is 1.58 bits per heavy atom. The SMILES string of the molecule is CC(C)N1CNc2cccnc21. The molecule has 3 heteroatoms. The lowest BCUT2D eigenvalue weighted by molar-refractivity contribution is 0.718. The normalized spacial score (nSPS) is 14.8. The van der Waals surface area contributed by atoms with E-state index in [0.29, 0.717) is 6.04 Å². The summed E-state index contributed by atoms with van der Waals surface area (Å²) >= 11 is 0. The highest BCUT2D eigenvalue weighted by Gasteiger charge is 2.20. The second-order valence-electron chi connectivity index (χ2n) is 3.27. The molecule has 0 atom stereocenters. The standard InChI is InChI=1S/C9H13N3/c1-7(2)12-6-11-8-4-3-5-10-9(8)12/h3-5,7,11H,6H2,1-2H3. The maximum atomic E-state index is 4.33. The van der Waals surface area contributed by atoms with Crippen LogP contribution < -0.4 is 10.2 Å². The molecule has 0 fully saturated rings. The number of rotatable bonds is 1. The van der Waals surface area contributed by atoms with E-state index in [4.69, 9.17) is 0 Å². The number of hydrogen-bond acceptors (Lipinski definition) is 3. The molecule has 1 N–H and O–H groups in total. The van der Waals surface area contributed by atoms with Gasteiger partial charge in [0.05, 0.1) is 12.4 Å². The fraction of sp³-hybridized carbons (Fsp3) is 0.444. The van der Waals surface area contributed by atoms with Crippen LogP contribution in [0.4, 0.5) is 11.5 Å². The first-order valence-electron chi connectivity index (χ1n) is 4.24. The molecule has 0 saturated heterocycles. The third-order valence-electron chi connectivity index (χ3n) is 2.12. The van der Waals surface area contributed by atoms with E-state index in [-0.39, 0.29) is 0 Å². The van der Waals surface area contributed by atoms with Crippen molar-refractivity contribution < 1.29 is 0 Å². The average molecular weight is 163 g/mol. The highest BCUT2D eigenvalue weighted by molar-refractivity contribution is 5.70. The van der Waals surface area contributed by atoms with Crippen molar-refractivity contribution in [1.29, 1.82) is 0 Å². The van der Waals surface area contributed by atoms with Gasteiger partial charge >= 0.3 is 0 Å². The van der Waals surface area contributed by atoms with E-state index >= 15 is 0 Å². The predicted molar refractivity (Wildman–Crippen MR) is 50.3 cm³/mol. The van der Waals surface area contributed by atoms with Crippen molar-refractivity contribution in [3.8, 4) is 0 Å². The zero-order valence-corrected chi connectivity index (χ0v) is 7.41. The van der Waals surface area contributed by atoms with Crippen molar-refractivity contribution in [1.82, 2.24) is 4.98 Å². The number of nitrogens with zero attached hydrogens (tertiary/aromatic N) is 2. The van der Waals surface area contributed by atoms with E-state index in [0.717, 1.165) is 18.2 Å². The van der Waals surface area contributed by atoms with Crippen LogP contribution in [0.25, 0.3) is 0 Å². The van der Waals surface area contributed by atoms with Crippen LogP contribution in [0.1, 0.15) is 13.8 Å². The summed E-state index contributed by atoms with van der Waals surface area (Å²) in [5.74, 6) is 1.08. The van der Waals surface area contributed by atoms with Crippen molar-refractivity contribution in [2.45, 2.75) is 19.9 Å². The lowest BCUT2D eigenvalue weighted by Crippen LogP contribution is -2.30. The minimum absolute atomic E-state index is 0.508. The van der Waals surface area contributed by atoms with Crippen LogP contribution in [0.2, 0.25) is 0 Å². The molecule has 2 heterocycles. The smallest absolute Gasteiger partial charge is 0.153 e. The summed E-state index contributed by atoms with van der Waals surface area (Å²) < 4.78 is 0. The summed E-state index contributed by atoms with van der Waals surface area (Å²) in [7, 11) is 0. The van der Waals surface area contributed by atoms with Crippen molar-refractivity contribution >= 4 is 11.5 Å². The van der Waals surface area contributed by atoms with Gasteiger partial charge in [-0.2, -0.15) is 0 Å². The average Bonchev–Trinajstić information content (AvgIpc) is 2.47. The monoisotopic (exact) mass is 163 g/mol. The third-order valence-corrected chi connectivity index (χ3v) is 2.12. The first-order valence-corrected chi connectivity index (χ1v) is 4.24.